The normalized spacial score (nSPS) is 11.5. The summed E-state index contributed by atoms with van der Waals surface area (Å²) in [6, 6.07) is 16.3. The van der Waals surface area contributed by atoms with Crippen LogP contribution in [0.4, 0.5) is 0 Å². The molecule has 26 heavy (non-hydrogen) atoms. The van der Waals surface area contributed by atoms with Crippen molar-refractivity contribution in [1.82, 2.24) is 5.01 Å². The van der Waals surface area contributed by atoms with Gasteiger partial charge in [-0.1, -0.05) is 56.3 Å². The van der Waals surface area contributed by atoms with Gasteiger partial charge in [0.05, 0.1) is 30.6 Å². The maximum atomic E-state index is 12.0. The van der Waals surface area contributed by atoms with E-state index in [0.717, 1.165) is 16.7 Å². The highest BCUT2D eigenvalue weighted by Crippen LogP contribution is 2.24. The summed E-state index contributed by atoms with van der Waals surface area (Å²) in [4.78, 5) is 23.2. The van der Waals surface area contributed by atoms with Gasteiger partial charge in [-0.3, -0.25) is 0 Å². The third-order valence-electron chi connectivity index (χ3n) is 4.16. The maximum absolute atomic E-state index is 12.0. The van der Waals surface area contributed by atoms with Crippen LogP contribution in [0.3, 0.4) is 0 Å². The van der Waals surface area contributed by atoms with Gasteiger partial charge in [0.1, 0.15) is 0 Å². The molecule has 0 aliphatic heterocycles. The summed E-state index contributed by atoms with van der Waals surface area (Å²) in [6.07, 6.45) is 0. The molecule has 0 amide bonds. The molecule has 2 aromatic carbocycles. The minimum atomic E-state index is -0.739. The molecular weight excluding hydrogens is 330 g/mol. The van der Waals surface area contributed by atoms with Crippen LogP contribution in [-0.4, -0.2) is 24.1 Å². The zero-order valence-corrected chi connectivity index (χ0v) is 15.0. The molecule has 1 atom stereocenters. The first-order valence-electron chi connectivity index (χ1n) is 8.28. The van der Waals surface area contributed by atoms with Crippen molar-refractivity contribution in [2.75, 3.05) is 7.11 Å². The Morgan fingerprint density at radius 2 is 1.85 bits per heavy atom. The Labute approximate surface area is 153 Å². The summed E-state index contributed by atoms with van der Waals surface area (Å²) >= 11 is 0. The lowest BCUT2D eigenvalue weighted by Crippen LogP contribution is -2.41. The van der Waals surface area contributed by atoms with Crippen molar-refractivity contribution in [3.63, 3.8) is 0 Å². The average Bonchev–Trinajstić information content (AvgIpc) is 2.67. The van der Waals surface area contributed by atoms with Gasteiger partial charge in [-0.15, -0.1) is 4.91 Å². The summed E-state index contributed by atoms with van der Waals surface area (Å²) in [5.41, 5.74) is 3.19. The van der Waals surface area contributed by atoms with E-state index in [-0.39, 0.29) is 12.5 Å². The molecule has 0 bridgehead atoms. The number of hydrogen-bond acceptors (Lipinski definition) is 5. The third kappa shape index (κ3) is 4.25. The number of nitrogens with zero attached hydrogens (tertiary/aromatic N) is 3. The number of rotatable bonds is 7. The monoisotopic (exact) mass is 351 g/mol. The van der Waals surface area contributed by atoms with Crippen LogP contribution in [-0.2, 0) is 16.1 Å². The molecule has 6 nitrogen and oxygen atoms in total. The lowest BCUT2D eigenvalue weighted by atomic mass is 9.99. The quantitative estimate of drug-likeness (QED) is 0.429. The highest BCUT2D eigenvalue weighted by molar-refractivity contribution is 5.76. The molecule has 0 N–H and O–H groups in total. The fourth-order valence-electron chi connectivity index (χ4n) is 2.85. The second-order valence-corrected chi connectivity index (χ2v) is 6.25. The molecule has 0 spiro atoms. The van der Waals surface area contributed by atoms with E-state index in [2.05, 4.69) is 11.4 Å². The van der Waals surface area contributed by atoms with E-state index in [9.17, 15) is 15.0 Å². The first kappa shape index (κ1) is 19.1. The van der Waals surface area contributed by atoms with E-state index < -0.39 is 12.0 Å². The summed E-state index contributed by atoms with van der Waals surface area (Å²) in [5, 5.41) is 13.5. The molecule has 0 radical (unpaired) electrons. The fourth-order valence-corrected chi connectivity index (χ4v) is 2.85. The largest absolute Gasteiger partial charge is 0.467 e. The molecule has 2 rings (SSSR count). The Kier molecular flexibility index (Phi) is 6.45. The maximum Gasteiger partial charge on any atom is 0.330 e. The zero-order valence-electron chi connectivity index (χ0n) is 15.0. The second-order valence-electron chi connectivity index (χ2n) is 6.25. The van der Waals surface area contributed by atoms with Crippen molar-refractivity contribution in [2.24, 2.45) is 11.2 Å². The standard InChI is InChI=1S/C20H21N3O3/c1-14(2)19(20(24)26-3)23(22-25)13-15-8-10-16(11-9-15)18-7-5-4-6-17(18)12-21/h4-11,14,19H,13H2,1-3H3/t19-/m0/s1. The van der Waals surface area contributed by atoms with Crippen LogP contribution in [0.1, 0.15) is 25.0 Å². The molecule has 0 unspecified atom stereocenters. The summed E-state index contributed by atoms with van der Waals surface area (Å²) in [7, 11) is 1.29. The second kappa shape index (κ2) is 8.77. The first-order valence-corrected chi connectivity index (χ1v) is 8.28. The number of ether oxygens (including phenoxy) is 1. The van der Waals surface area contributed by atoms with Gasteiger partial charge in [0.2, 0.25) is 0 Å². The predicted molar refractivity (Wildman–Crippen MR) is 98.6 cm³/mol. The molecule has 0 saturated carbocycles. The van der Waals surface area contributed by atoms with Crippen LogP contribution in [0.15, 0.2) is 53.8 Å². The Morgan fingerprint density at radius 3 is 2.38 bits per heavy atom. The number of hydrogen-bond donors (Lipinski definition) is 0. The summed E-state index contributed by atoms with van der Waals surface area (Å²) in [5.74, 6) is -0.610. The van der Waals surface area contributed by atoms with Crippen molar-refractivity contribution in [3.05, 3.63) is 64.6 Å². The van der Waals surface area contributed by atoms with Gasteiger partial charge in [0.15, 0.2) is 6.04 Å². The number of methoxy groups -OCH3 is 1. The van der Waals surface area contributed by atoms with Gasteiger partial charge in [-0.05, 0) is 28.7 Å². The predicted octanol–water partition coefficient (Wildman–Crippen LogP) is 3.91. The van der Waals surface area contributed by atoms with Crippen LogP contribution in [0, 0.1) is 22.2 Å². The Morgan fingerprint density at radius 1 is 1.19 bits per heavy atom. The van der Waals surface area contributed by atoms with Crippen LogP contribution >= 0.6 is 0 Å². The molecular formula is C20H21N3O3. The lowest BCUT2D eigenvalue weighted by molar-refractivity contribution is -0.149. The zero-order chi connectivity index (χ0) is 19.1. The topological polar surface area (TPSA) is 82.8 Å². The lowest BCUT2D eigenvalue weighted by Gasteiger charge is -2.27. The highest BCUT2D eigenvalue weighted by Gasteiger charge is 2.30. The smallest absolute Gasteiger partial charge is 0.330 e. The van der Waals surface area contributed by atoms with Crippen molar-refractivity contribution >= 4 is 5.97 Å². The number of carbonyl (C=O) groups is 1. The molecule has 0 aliphatic rings. The minimum Gasteiger partial charge on any atom is -0.467 e. The molecule has 2 aromatic rings. The van der Waals surface area contributed by atoms with E-state index in [1.165, 1.54) is 12.1 Å². The van der Waals surface area contributed by atoms with Crippen LogP contribution in [0.2, 0.25) is 0 Å². The SMILES string of the molecule is COC(=O)[C@H](C(C)C)N(Cc1ccc(-c2ccccc2C#N)cc1)N=O. The number of benzene rings is 2. The van der Waals surface area contributed by atoms with Crippen LogP contribution in [0.25, 0.3) is 11.1 Å². The minimum absolute atomic E-state index is 0.123. The Balaban J connectivity index is 2.23. The highest BCUT2D eigenvalue weighted by atomic mass is 16.5. The summed E-state index contributed by atoms with van der Waals surface area (Å²) in [6.45, 7) is 3.87. The van der Waals surface area contributed by atoms with E-state index in [1.807, 2.05) is 56.3 Å². The molecule has 0 fully saturated rings. The Hall–Kier alpha value is -3.20. The van der Waals surface area contributed by atoms with Crippen LogP contribution < -0.4 is 0 Å². The van der Waals surface area contributed by atoms with Gasteiger partial charge in [-0.25, -0.2) is 9.80 Å². The third-order valence-corrected chi connectivity index (χ3v) is 4.16. The van der Waals surface area contributed by atoms with Crippen molar-refractivity contribution in [2.45, 2.75) is 26.4 Å². The first-order chi connectivity index (χ1) is 12.5. The average molecular weight is 351 g/mol. The summed E-state index contributed by atoms with van der Waals surface area (Å²) < 4.78 is 4.79. The van der Waals surface area contributed by atoms with Gasteiger partial charge < -0.3 is 4.74 Å². The molecule has 6 heteroatoms. The van der Waals surface area contributed by atoms with E-state index in [0.29, 0.717) is 5.56 Å². The van der Waals surface area contributed by atoms with E-state index >= 15 is 0 Å². The van der Waals surface area contributed by atoms with E-state index in [1.54, 1.807) is 6.07 Å². The van der Waals surface area contributed by atoms with Gasteiger partial charge >= 0.3 is 5.97 Å². The molecule has 0 aromatic heterocycles. The number of nitriles is 1. The number of carbonyl (C=O) groups excluding carboxylic acids is 1. The Bertz CT molecular complexity index is 810. The van der Waals surface area contributed by atoms with Gasteiger partial charge in [-0.2, -0.15) is 5.26 Å². The van der Waals surface area contributed by atoms with Crippen molar-refractivity contribution < 1.29 is 9.53 Å². The van der Waals surface area contributed by atoms with Crippen molar-refractivity contribution in [1.29, 1.82) is 5.26 Å². The molecule has 0 heterocycles. The molecule has 134 valence electrons. The van der Waals surface area contributed by atoms with Gasteiger partial charge in [0, 0.05) is 0 Å². The van der Waals surface area contributed by atoms with E-state index in [4.69, 9.17) is 4.74 Å². The molecule has 0 saturated heterocycles. The van der Waals surface area contributed by atoms with Crippen molar-refractivity contribution in [3.8, 4) is 17.2 Å². The fraction of sp³-hybridized carbons (Fsp3) is 0.300. The number of esters is 1. The van der Waals surface area contributed by atoms with Gasteiger partial charge in [0.25, 0.3) is 0 Å². The number of nitroso groups, excluding NO2 is 1. The molecule has 0 aliphatic carbocycles. The van der Waals surface area contributed by atoms with Crippen LogP contribution in [0.5, 0.6) is 0 Å².